The van der Waals surface area contributed by atoms with Crippen LogP contribution in [0.3, 0.4) is 0 Å². The molecule has 0 aromatic carbocycles. The maximum absolute atomic E-state index is 4.85. The van der Waals surface area contributed by atoms with Gasteiger partial charge >= 0.3 is 0 Å². The van der Waals surface area contributed by atoms with E-state index in [2.05, 4.69) is 33.0 Å². The van der Waals surface area contributed by atoms with Gasteiger partial charge < -0.3 is 5.32 Å². The summed E-state index contributed by atoms with van der Waals surface area (Å²) in [6.07, 6.45) is 4.84. The molecule has 1 heterocycles. The van der Waals surface area contributed by atoms with Gasteiger partial charge in [-0.3, -0.25) is 0 Å². The van der Waals surface area contributed by atoms with E-state index in [1.165, 1.54) is 34.8 Å². The monoisotopic (exact) mass is 252 g/mol. The maximum Gasteiger partial charge on any atom is 0.0936 e. The van der Waals surface area contributed by atoms with Crippen LogP contribution in [-0.4, -0.2) is 11.5 Å². The molecule has 0 aliphatic heterocycles. The number of hydrogen-bond donors (Lipinski definition) is 1. The summed E-state index contributed by atoms with van der Waals surface area (Å²) in [5.74, 6) is 0. The molecule has 0 saturated carbocycles. The van der Waals surface area contributed by atoms with E-state index in [-0.39, 0.29) is 0 Å². The van der Waals surface area contributed by atoms with Crippen LogP contribution in [0.5, 0.6) is 0 Å². The summed E-state index contributed by atoms with van der Waals surface area (Å²) in [4.78, 5) is 6.36. The molecule has 1 aromatic rings. The van der Waals surface area contributed by atoms with Crippen LogP contribution < -0.4 is 5.32 Å². The zero-order valence-electron chi connectivity index (χ0n) is 11.5. The maximum atomic E-state index is 4.85. The van der Waals surface area contributed by atoms with Gasteiger partial charge in [-0.2, -0.15) is 0 Å². The van der Waals surface area contributed by atoms with Gasteiger partial charge in [0.15, 0.2) is 0 Å². The number of aromatic nitrogens is 1. The number of fused-ring (bicyclic) bond motifs is 1. The summed E-state index contributed by atoms with van der Waals surface area (Å²) < 4.78 is 0. The molecule has 0 amide bonds. The van der Waals surface area contributed by atoms with Crippen LogP contribution in [-0.2, 0) is 12.8 Å². The Bertz CT molecular complexity index is 376. The largest absolute Gasteiger partial charge is 0.309 e. The lowest BCUT2D eigenvalue weighted by atomic mass is 9.93. The second kappa shape index (κ2) is 5.07. The van der Waals surface area contributed by atoms with Crippen LogP contribution in [0.2, 0.25) is 0 Å². The molecule has 17 heavy (non-hydrogen) atoms. The minimum atomic E-state index is 0.341. The first-order valence-corrected chi connectivity index (χ1v) is 7.53. The van der Waals surface area contributed by atoms with Crippen LogP contribution in [0.1, 0.15) is 62.2 Å². The highest BCUT2D eigenvalue weighted by Gasteiger charge is 2.25. The van der Waals surface area contributed by atoms with Gasteiger partial charge in [0.1, 0.15) is 0 Å². The second-order valence-corrected chi connectivity index (χ2v) is 7.27. The SMILES string of the molecule is CCNC1CCCc2nc(CC(C)(C)C)sc21. The van der Waals surface area contributed by atoms with E-state index in [9.17, 15) is 0 Å². The molecular formula is C14H24N2S. The van der Waals surface area contributed by atoms with Gasteiger partial charge in [-0.15, -0.1) is 11.3 Å². The third-order valence-corrected chi connectivity index (χ3v) is 4.34. The summed E-state index contributed by atoms with van der Waals surface area (Å²) in [6.45, 7) is 10.1. The molecule has 2 nitrogen and oxygen atoms in total. The Morgan fingerprint density at radius 1 is 1.41 bits per heavy atom. The zero-order valence-corrected chi connectivity index (χ0v) is 12.3. The highest BCUT2D eigenvalue weighted by molar-refractivity contribution is 7.11. The molecule has 2 rings (SSSR count). The van der Waals surface area contributed by atoms with E-state index < -0.39 is 0 Å². The average Bonchev–Trinajstić information content (AvgIpc) is 2.58. The molecule has 0 radical (unpaired) electrons. The van der Waals surface area contributed by atoms with Gasteiger partial charge in [-0.05, 0) is 31.2 Å². The molecule has 0 bridgehead atoms. The minimum Gasteiger partial charge on any atom is -0.309 e. The Balaban J connectivity index is 2.18. The highest BCUT2D eigenvalue weighted by Crippen LogP contribution is 2.36. The summed E-state index contributed by atoms with van der Waals surface area (Å²) in [6, 6.07) is 0.565. The molecule has 3 heteroatoms. The number of thiazole rings is 1. The van der Waals surface area contributed by atoms with Crippen molar-refractivity contribution < 1.29 is 0 Å². The number of nitrogens with zero attached hydrogens (tertiary/aromatic N) is 1. The molecule has 0 spiro atoms. The summed E-state index contributed by atoms with van der Waals surface area (Å²) >= 11 is 1.94. The van der Waals surface area contributed by atoms with Crippen LogP contribution in [0, 0.1) is 5.41 Å². The topological polar surface area (TPSA) is 24.9 Å². The van der Waals surface area contributed by atoms with Crippen molar-refractivity contribution in [1.29, 1.82) is 0 Å². The van der Waals surface area contributed by atoms with Crippen molar-refractivity contribution >= 4 is 11.3 Å². The first-order valence-electron chi connectivity index (χ1n) is 6.71. The molecular weight excluding hydrogens is 228 g/mol. The van der Waals surface area contributed by atoms with Crippen molar-refractivity contribution in [2.24, 2.45) is 5.41 Å². The Hall–Kier alpha value is -0.410. The van der Waals surface area contributed by atoms with Crippen molar-refractivity contribution in [2.75, 3.05) is 6.54 Å². The lowest BCUT2D eigenvalue weighted by Crippen LogP contribution is -2.23. The van der Waals surface area contributed by atoms with Crippen LogP contribution in [0.4, 0.5) is 0 Å². The second-order valence-electron chi connectivity index (χ2n) is 6.16. The van der Waals surface area contributed by atoms with Crippen LogP contribution >= 0.6 is 11.3 Å². The Kier molecular flexibility index (Phi) is 3.88. The highest BCUT2D eigenvalue weighted by atomic mass is 32.1. The fourth-order valence-corrected chi connectivity index (χ4v) is 3.96. The molecule has 1 aliphatic rings. The van der Waals surface area contributed by atoms with E-state index in [0.29, 0.717) is 11.5 Å². The van der Waals surface area contributed by atoms with Gasteiger partial charge in [0, 0.05) is 17.3 Å². The third kappa shape index (κ3) is 3.29. The number of nitrogens with one attached hydrogen (secondary N) is 1. The Labute approximate surface area is 109 Å². The molecule has 1 aromatic heterocycles. The van der Waals surface area contributed by atoms with E-state index in [1.54, 1.807) is 0 Å². The number of rotatable bonds is 3. The van der Waals surface area contributed by atoms with E-state index in [0.717, 1.165) is 13.0 Å². The standard InChI is InChI=1S/C14H24N2S/c1-5-15-10-7-6-8-11-13(10)17-12(16-11)9-14(2,3)4/h10,15H,5-9H2,1-4H3. The van der Waals surface area contributed by atoms with Crippen molar-refractivity contribution in [3.63, 3.8) is 0 Å². The first kappa shape index (κ1) is 13.0. The fourth-order valence-electron chi connectivity index (χ4n) is 2.44. The minimum absolute atomic E-state index is 0.341. The third-order valence-electron chi connectivity index (χ3n) is 3.13. The summed E-state index contributed by atoms with van der Waals surface area (Å²) in [5, 5.41) is 4.91. The van der Waals surface area contributed by atoms with E-state index in [4.69, 9.17) is 4.98 Å². The predicted octanol–water partition coefficient (Wildman–Crippen LogP) is 3.72. The van der Waals surface area contributed by atoms with Gasteiger partial charge in [0.05, 0.1) is 10.7 Å². The lowest BCUT2D eigenvalue weighted by Gasteiger charge is -2.21. The van der Waals surface area contributed by atoms with E-state index in [1.807, 2.05) is 11.3 Å². The van der Waals surface area contributed by atoms with Crippen molar-refractivity contribution in [2.45, 2.75) is 59.4 Å². The van der Waals surface area contributed by atoms with Crippen LogP contribution in [0.25, 0.3) is 0 Å². The van der Waals surface area contributed by atoms with Crippen molar-refractivity contribution in [1.82, 2.24) is 10.3 Å². The van der Waals surface area contributed by atoms with Gasteiger partial charge in [0.2, 0.25) is 0 Å². The molecule has 0 fully saturated rings. The first-order chi connectivity index (χ1) is 7.99. The Morgan fingerprint density at radius 2 is 2.18 bits per heavy atom. The smallest absolute Gasteiger partial charge is 0.0936 e. The van der Waals surface area contributed by atoms with Gasteiger partial charge in [0.25, 0.3) is 0 Å². The molecule has 1 atom stereocenters. The zero-order chi connectivity index (χ0) is 12.5. The quantitative estimate of drug-likeness (QED) is 0.887. The number of hydrogen-bond acceptors (Lipinski definition) is 3. The molecule has 1 N–H and O–H groups in total. The average molecular weight is 252 g/mol. The van der Waals surface area contributed by atoms with E-state index >= 15 is 0 Å². The summed E-state index contributed by atoms with van der Waals surface area (Å²) in [5.41, 5.74) is 1.71. The van der Waals surface area contributed by atoms with Crippen molar-refractivity contribution in [3.8, 4) is 0 Å². The Morgan fingerprint density at radius 3 is 2.82 bits per heavy atom. The normalized spacial score (nSPS) is 20.4. The van der Waals surface area contributed by atoms with Gasteiger partial charge in [-0.25, -0.2) is 4.98 Å². The van der Waals surface area contributed by atoms with Gasteiger partial charge in [-0.1, -0.05) is 27.7 Å². The van der Waals surface area contributed by atoms with Crippen molar-refractivity contribution in [3.05, 3.63) is 15.6 Å². The lowest BCUT2D eigenvalue weighted by molar-refractivity contribution is 0.410. The molecule has 1 aliphatic carbocycles. The fraction of sp³-hybridized carbons (Fsp3) is 0.786. The molecule has 0 saturated heterocycles. The van der Waals surface area contributed by atoms with Crippen LogP contribution in [0.15, 0.2) is 0 Å². The number of aryl methyl sites for hydroxylation is 1. The molecule has 1 unspecified atom stereocenters. The summed E-state index contributed by atoms with van der Waals surface area (Å²) in [7, 11) is 0. The predicted molar refractivity (Wildman–Crippen MR) is 74.6 cm³/mol. The molecule has 96 valence electrons.